The third kappa shape index (κ3) is 2.92. The first-order chi connectivity index (χ1) is 10.2. The highest BCUT2D eigenvalue weighted by atomic mass is 32.1. The van der Waals surface area contributed by atoms with Crippen molar-refractivity contribution in [3.8, 4) is 0 Å². The van der Waals surface area contributed by atoms with Crippen LogP contribution in [0, 0.1) is 4.77 Å². The number of rotatable bonds is 4. The minimum atomic E-state index is -0.355. The van der Waals surface area contributed by atoms with E-state index in [1.807, 2.05) is 0 Å². The number of carbonyl (C=O) groups is 1. The fourth-order valence-electron chi connectivity index (χ4n) is 1.97. The van der Waals surface area contributed by atoms with Crippen molar-refractivity contribution < 1.29 is 9.53 Å². The van der Waals surface area contributed by atoms with E-state index in [0.717, 1.165) is 24.2 Å². The maximum atomic E-state index is 11.4. The summed E-state index contributed by atoms with van der Waals surface area (Å²) in [4.78, 5) is 11.4. The number of benzene rings is 1. The zero-order chi connectivity index (χ0) is 14.8. The fraction of sp³-hybridized carbons (Fsp3) is 0.286. The number of hydrogen-bond acceptors (Lipinski definition) is 5. The summed E-state index contributed by atoms with van der Waals surface area (Å²) in [7, 11) is 1.36. The third-order valence-electron chi connectivity index (χ3n) is 3.27. The van der Waals surface area contributed by atoms with Crippen LogP contribution in [0.15, 0.2) is 29.4 Å². The first-order valence-corrected chi connectivity index (χ1v) is 7.00. The highest BCUT2D eigenvalue weighted by Crippen LogP contribution is 2.38. The molecule has 1 N–H and O–H groups in total. The van der Waals surface area contributed by atoms with Crippen molar-refractivity contribution >= 4 is 24.4 Å². The normalized spacial score (nSPS) is 14.5. The Labute approximate surface area is 126 Å². The van der Waals surface area contributed by atoms with Gasteiger partial charge in [0.1, 0.15) is 0 Å². The summed E-state index contributed by atoms with van der Waals surface area (Å²) >= 11 is 5.18. The van der Waals surface area contributed by atoms with Crippen molar-refractivity contribution in [1.82, 2.24) is 14.9 Å². The maximum Gasteiger partial charge on any atom is 0.337 e. The number of aromatic nitrogens is 3. The van der Waals surface area contributed by atoms with Gasteiger partial charge in [-0.2, -0.15) is 14.9 Å². The minimum Gasteiger partial charge on any atom is -0.465 e. The van der Waals surface area contributed by atoms with Crippen LogP contribution in [0.5, 0.6) is 0 Å². The van der Waals surface area contributed by atoms with E-state index in [9.17, 15) is 4.79 Å². The molecule has 3 rings (SSSR count). The van der Waals surface area contributed by atoms with Gasteiger partial charge in [-0.1, -0.05) is 12.1 Å². The van der Waals surface area contributed by atoms with E-state index in [4.69, 9.17) is 12.2 Å². The number of H-pyrrole nitrogens is 1. The molecule has 0 aliphatic heterocycles. The van der Waals surface area contributed by atoms with Gasteiger partial charge in [0.15, 0.2) is 5.82 Å². The lowest BCUT2D eigenvalue weighted by molar-refractivity contribution is 0.0601. The topological polar surface area (TPSA) is 72.3 Å². The molecule has 0 atom stereocenters. The van der Waals surface area contributed by atoms with Crippen LogP contribution in [0.1, 0.15) is 40.5 Å². The Hall–Kier alpha value is -2.28. The molecule has 0 radical (unpaired) electrons. The molecular formula is C14H14N4O2S. The molecule has 21 heavy (non-hydrogen) atoms. The Bertz CT molecular complexity index is 741. The number of ether oxygens (including phenoxy) is 1. The summed E-state index contributed by atoms with van der Waals surface area (Å²) in [5.41, 5.74) is 1.38. The van der Waals surface area contributed by atoms with Gasteiger partial charge >= 0.3 is 5.97 Å². The van der Waals surface area contributed by atoms with Gasteiger partial charge < -0.3 is 4.74 Å². The first kappa shape index (κ1) is 13.7. The van der Waals surface area contributed by atoms with Gasteiger partial charge in [0, 0.05) is 5.92 Å². The van der Waals surface area contributed by atoms with Crippen LogP contribution in [-0.4, -0.2) is 34.2 Å². The second kappa shape index (κ2) is 5.61. The SMILES string of the molecule is COC(=O)c1ccc(/C=N\n2c(C3CC3)n[nH]c2=S)cc1. The molecule has 1 fully saturated rings. The molecule has 0 bridgehead atoms. The van der Waals surface area contributed by atoms with Crippen molar-refractivity contribution in [2.45, 2.75) is 18.8 Å². The maximum absolute atomic E-state index is 11.4. The molecule has 7 heteroatoms. The standard InChI is InChI=1S/C14H14N4O2S/c1-20-13(19)11-4-2-9(3-5-11)8-15-18-12(10-6-7-10)16-17-14(18)21/h2-5,8,10H,6-7H2,1H3,(H,17,21)/b15-8-. The van der Waals surface area contributed by atoms with E-state index in [1.54, 1.807) is 35.2 Å². The van der Waals surface area contributed by atoms with Crippen LogP contribution in [0.3, 0.4) is 0 Å². The van der Waals surface area contributed by atoms with E-state index in [0.29, 0.717) is 16.3 Å². The highest BCUT2D eigenvalue weighted by Gasteiger charge is 2.29. The molecule has 0 amide bonds. The summed E-state index contributed by atoms with van der Waals surface area (Å²) in [6, 6.07) is 7.00. The van der Waals surface area contributed by atoms with E-state index in [-0.39, 0.29) is 5.97 Å². The van der Waals surface area contributed by atoms with Gasteiger partial charge in [-0.25, -0.2) is 4.79 Å². The van der Waals surface area contributed by atoms with Crippen molar-refractivity contribution in [2.75, 3.05) is 7.11 Å². The lowest BCUT2D eigenvalue weighted by Gasteiger charge is -2.00. The lowest BCUT2D eigenvalue weighted by Crippen LogP contribution is -2.01. The Morgan fingerprint density at radius 1 is 1.48 bits per heavy atom. The van der Waals surface area contributed by atoms with Crippen molar-refractivity contribution in [2.24, 2.45) is 5.10 Å². The molecule has 1 aliphatic rings. The Morgan fingerprint density at radius 2 is 2.19 bits per heavy atom. The number of aromatic amines is 1. The second-order valence-electron chi connectivity index (χ2n) is 4.83. The average Bonchev–Trinajstić information content (AvgIpc) is 3.29. The second-order valence-corrected chi connectivity index (χ2v) is 5.22. The monoisotopic (exact) mass is 302 g/mol. The van der Waals surface area contributed by atoms with E-state index in [2.05, 4.69) is 20.0 Å². The summed E-state index contributed by atoms with van der Waals surface area (Å²) in [5.74, 6) is 0.978. The van der Waals surface area contributed by atoms with Gasteiger partial charge in [-0.3, -0.25) is 5.10 Å². The molecule has 1 heterocycles. The van der Waals surface area contributed by atoms with Gasteiger partial charge in [-0.15, -0.1) is 0 Å². The van der Waals surface area contributed by atoms with Gasteiger partial charge in [0.2, 0.25) is 4.77 Å². The number of esters is 1. The van der Waals surface area contributed by atoms with E-state index >= 15 is 0 Å². The predicted octanol–water partition coefficient (Wildman–Crippen LogP) is 2.49. The van der Waals surface area contributed by atoms with Crippen molar-refractivity contribution in [3.63, 3.8) is 0 Å². The zero-order valence-corrected chi connectivity index (χ0v) is 12.3. The van der Waals surface area contributed by atoms with Crippen LogP contribution in [0.2, 0.25) is 0 Å². The lowest BCUT2D eigenvalue weighted by atomic mass is 10.1. The van der Waals surface area contributed by atoms with Crippen molar-refractivity contribution in [1.29, 1.82) is 0 Å². The molecular weight excluding hydrogens is 288 g/mol. The predicted molar refractivity (Wildman–Crippen MR) is 80.2 cm³/mol. The molecule has 2 aromatic rings. The Morgan fingerprint density at radius 3 is 2.81 bits per heavy atom. The highest BCUT2D eigenvalue weighted by molar-refractivity contribution is 7.71. The minimum absolute atomic E-state index is 0.355. The number of nitrogens with one attached hydrogen (secondary N) is 1. The molecule has 0 spiro atoms. The van der Waals surface area contributed by atoms with Crippen LogP contribution < -0.4 is 0 Å². The summed E-state index contributed by atoms with van der Waals surface area (Å²) < 4.78 is 6.80. The van der Waals surface area contributed by atoms with Crippen LogP contribution in [0.4, 0.5) is 0 Å². The zero-order valence-electron chi connectivity index (χ0n) is 11.4. The van der Waals surface area contributed by atoms with E-state index < -0.39 is 0 Å². The molecule has 108 valence electrons. The molecule has 1 aromatic heterocycles. The van der Waals surface area contributed by atoms with Crippen LogP contribution in [0.25, 0.3) is 0 Å². The number of carbonyl (C=O) groups excluding carboxylic acids is 1. The number of nitrogens with zero attached hydrogens (tertiary/aromatic N) is 3. The molecule has 1 saturated carbocycles. The summed E-state index contributed by atoms with van der Waals surface area (Å²) in [6.45, 7) is 0. The summed E-state index contributed by atoms with van der Waals surface area (Å²) in [6.07, 6.45) is 3.95. The number of methoxy groups -OCH3 is 1. The third-order valence-corrected chi connectivity index (χ3v) is 3.54. The molecule has 0 unspecified atom stereocenters. The number of hydrogen-bond donors (Lipinski definition) is 1. The largest absolute Gasteiger partial charge is 0.465 e. The molecule has 1 aromatic carbocycles. The van der Waals surface area contributed by atoms with Crippen LogP contribution >= 0.6 is 12.2 Å². The fourth-order valence-corrected chi connectivity index (χ4v) is 2.16. The molecule has 6 nitrogen and oxygen atoms in total. The first-order valence-electron chi connectivity index (χ1n) is 6.59. The van der Waals surface area contributed by atoms with Gasteiger partial charge in [0.05, 0.1) is 18.9 Å². The van der Waals surface area contributed by atoms with Crippen LogP contribution in [-0.2, 0) is 4.74 Å². The quantitative estimate of drug-likeness (QED) is 0.535. The Balaban J connectivity index is 1.81. The smallest absolute Gasteiger partial charge is 0.337 e. The summed E-state index contributed by atoms with van der Waals surface area (Å²) in [5, 5.41) is 11.3. The van der Waals surface area contributed by atoms with Crippen molar-refractivity contribution in [3.05, 3.63) is 46.0 Å². The molecule has 1 aliphatic carbocycles. The average molecular weight is 302 g/mol. The van der Waals surface area contributed by atoms with Gasteiger partial charge in [-0.05, 0) is 42.8 Å². The Kier molecular flexibility index (Phi) is 3.66. The molecule has 0 saturated heterocycles. The van der Waals surface area contributed by atoms with Gasteiger partial charge in [0.25, 0.3) is 0 Å². The van der Waals surface area contributed by atoms with E-state index in [1.165, 1.54) is 7.11 Å².